The predicted octanol–water partition coefficient (Wildman–Crippen LogP) is 3.32. The third kappa shape index (κ3) is 2.35. The SMILES string of the molecule is O=C1SC(=Cc2ccncc2)C(=O)N1c1ccccc1. The van der Waals surface area contributed by atoms with E-state index in [0.29, 0.717) is 10.6 Å². The van der Waals surface area contributed by atoms with Crippen LogP contribution in [0.2, 0.25) is 0 Å². The maximum atomic E-state index is 12.3. The highest BCUT2D eigenvalue weighted by molar-refractivity contribution is 8.19. The highest BCUT2D eigenvalue weighted by atomic mass is 32.2. The Hall–Kier alpha value is -2.40. The molecular formula is C15H10N2O2S. The van der Waals surface area contributed by atoms with E-state index in [0.717, 1.165) is 17.3 Å². The van der Waals surface area contributed by atoms with E-state index in [9.17, 15) is 9.59 Å². The Labute approximate surface area is 120 Å². The third-order valence-corrected chi connectivity index (χ3v) is 3.68. The van der Waals surface area contributed by atoms with Gasteiger partial charge >= 0.3 is 0 Å². The maximum absolute atomic E-state index is 12.3. The number of imide groups is 1. The maximum Gasteiger partial charge on any atom is 0.298 e. The van der Waals surface area contributed by atoms with E-state index in [-0.39, 0.29) is 11.1 Å². The minimum Gasteiger partial charge on any atom is -0.268 e. The van der Waals surface area contributed by atoms with Gasteiger partial charge in [0.1, 0.15) is 0 Å². The average Bonchev–Trinajstić information content (AvgIpc) is 2.75. The minimum absolute atomic E-state index is 0.276. The number of carbonyl (C=O) groups is 2. The summed E-state index contributed by atoms with van der Waals surface area (Å²) in [5.74, 6) is -0.289. The van der Waals surface area contributed by atoms with Crippen LogP contribution in [-0.2, 0) is 4.79 Å². The van der Waals surface area contributed by atoms with E-state index in [2.05, 4.69) is 4.98 Å². The number of anilines is 1. The zero-order valence-corrected chi connectivity index (χ0v) is 11.2. The molecule has 4 nitrogen and oxygen atoms in total. The summed E-state index contributed by atoms with van der Waals surface area (Å²) in [7, 11) is 0. The van der Waals surface area contributed by atoms with Gasteiger partial charge in [-0.3, -0.25) is 14.6 Å². The van der Waals surface area contributed by atoms with Gasteiger partial charge in [0.2, 0.25) is 0 Å². The standard InChI is InChI=1S/C15H10N2O2S/c18-14-13(10-11-6-8-16-9-7-11)20-15(19)17(14)12-4-2-1-3-5-12/h1-10H. The molecule has 1 fully saturated rings. The molecular weight excluding hydrogens is 272 g/mol. The first-order chi connectivity index (χ1) is 9.75. The molecule has 0 spiro atoms. The van der Waals surface area contributed by atoms with E-state index in [1.807, 2.05) is 6.07 Å². The third-order valence-electron chi connectivity index (χ3n) is 2.81. The number of hydrogen-bond donors (Lipinski definition) is 0. The van der Waals surface area contributed by atoms with Gasteiger partial charge in [-0.25, -0.2) is 4.90 Å². The van der Waals surface area contributed by atoms with Crippen LogP contribution in [0.1, 0.15) is 5.56 Å². The summed E-state index contributed by atoms with van der Waals surface area (Å²) in [6.45, 7) is 0. The van der Waals surface area contributed by atoms with Crippen molar-refractivity contribution in [3.8, 4) is 0 Å². The Morgan fingerprint density at radius 2 is 1.70 bits per heavy atom. The normalized spacial score (nSPS) is 17.0. The number of amides is 2. The topological polar surface area (TPSA) is 50.3 Å². The van der Waals surface area contributed by atoms with Gasteiger partial charge < -0.3 is 0 Å². The lowest BCUT2D eigenvalue weighted by Crippen LogP contribution is -2.27. The molecule has 1 aromatic carbocycles. The monoisotopic (exact) mass is 282 g/mol. The number of rotatable bonds is 2. The van der Waals surface area contributed by atoms with Crippen LogP contribution in [0, 0.1) is 0 Å². The summed E-state index contributed by atoms with van der Waals surface area (Å²) in [5, 5.41) is -0.276. The van der Waals surface area contributed by atoms with Crippen LogP contribution in [0.25, 0.3) is 6.08 Å². The molecule has 0 bridgehead atoms. The van der Waals surface area contributed by atoms with E-state index >= 15 is 0 Å². The fraction of sp³-hybridized carbons (Fsp3) is 0. The highest BCUT2D eigenvalue weighted by Crippen LogP contribution is 2.35. The Balaban J connectivity index is 1.93. The molecule has 1 saturated heterocycles. The van der Waals surface area contributed by atoms with Crippen LogP contribution in [0.3, 0.4) is 0 Å². The van der Waals surface area contributed by atoms with E-state index < -0.39 is 0 Å². The first kappa shape index (κ1) is 12.6. The smallest absolute Gasteiger partial charge is 0.268 e. The van der Waals surface area contributed by atoms with Crippen molar-refractivity contribution in [1.82, 2.24) is 4.98 Å². The Morgan fingerprint density at radius 3 is 2.40 bits per heavy atom. The van der Waals surface area contributed by atoms with Crippen LogP contribution in [0.15, 0.2) is 59.8 Å². The second-order valence-corrected chi connectivity index (χ2v) is 5.13. The molecule has 0 unspecified atom stereocenters. The molecule has 0 N–H and O–H groups in total. The molecule has 1 aliphatic heterocycles. The average molecular weight is 282 g/mol. The summed E-state index contributed by atoms with van der Waals surface area (Å²) >= 11 is 0.950. The van der Waals surface area contributed by atoms with Crippen molar-refractivity contribution < 1.29 is 9.59 Å². The van der Waals surface area contributed by atoms with Crippen molar-refractivity contribution in [2.75, 3.05) is 4.90 Å². The number of benzene rings is 1. The van der Waals surface area contributed by atoms with Gasteiger partial charge in [-0.2, -0.15) is 0 Å². The second-order valence-electron chi connectivity index (χ2n) is 4.13. The van der Waals surface area contributed by atoms with Crippen molar-refractivity contribution in [1.29, 1.82) is 0 Å². The molecule has 0 radical (unpaired) electrons. The molecule has 1 aromatic heterocycles. The minimum atomic E-state index is -0.289. The van der Waals surface area contributed by atoms with E-state index in [1.54, 1.807) is 54.9 Å². The Morgan fingerprint density at radius 1 is 1.00 bits per heavy atom. The van der Waals surface area contributed by atoms with Gasteiger partial charge in [0, 0.05) is 12.4 Å². The van der Waals surface area contributed by atoms with Gasteiger partial charge in [0.05, 0.1) is 10.6 Å². The van der Waals surface area contributed by atoms with Crippen LogP contribution in [0.4, 0.5) is 10.5 Å². The highest BCUT2D eigenvalue weighted by Gasteiger charge is 2.36. The molecule has 2 amide bonds. The van der Waals surface area contributed by atoms with Crippen molar-refractivity contribution in [2.24, 2.45) is 0 Å². The number of nitrogens with zero attached hydrogens (tertiary/aromatic N) is 2. The predicted molar refractivity (Wildman–Crippen MR) is 79.1 cm³/mol. The summed E-state index contributed by atoms with van der Waals surface area (Å²) in [6, 6.07) is 12.5. The molecule has 20 heavy (non-hydrogen) atoms. The fourth-order valence-corrected chi connectivity index (χ4v) is 2.72. The number of carbonyl (C=O) groups excluding carboxylic acids is 2. The second kappa shape index (κ2) is 5.30. The molecule has 2 heterocycles. The molecule has 3 rings (SSSR count). The number of aromatic nitrogens is 1. The van der Waals surface area contributed by atoms with Crippen LogP contribution < -0.4 is 4.90 Å². The lowest BCUT2D eigenvalue weighted by Gasteiger charge is -2.11. The molecule has 1 aliphatic rings. The van der Waals surface area contributed by atoms with Crippen molar-refractivity contribution >= 4 is 34.7 Å². The molecule has 98 valence electrons. The summed E-state index contributed by atoms with van der Waals surface area (Å²) in [5.41, 5.74) is 1.44. The Kier molecular flexibility index (Phi) is 3.35. The van der Waals surface area contributed by atoms with E-state index in [1.165, 1.54) is 4.90 Å². The van der Waals surface area contributed by atoms with Gasteiger partial charge in [0.25, 0.3) is 11.1 Å². The van der Waals surface area contributed by atoms with Gasteiger partial charge in [-0.05, 0) is 47.7 Å². The number of para-hydroxylation sites is 1. The summed E-state index contributed by atoms with van der Waals surface area (Å²) < 4.78 is 0. The zero-order valence-electron chi connectivity index (χ0n) is 10.4. The summed E-state index contributed by atoms with van der Waals surface area (Å²) in [4.78, 5) is 29.9. The first-order valence-corrected chi connectivity index (χ1v) is 6.80. The molecule has 5 heteroatoms. The van der Waals surface area contributed by atoms with Gasteiger partial charge in [-0.15, -0.1) is 0 Å². The van der Waals surface area contributed by atoms with E-state index in [4.69, 9.17) is 0 Å². The molecule has 0 saturated carbocycles. The lowest BCUT2D eigenvalue weighted by molar-refractivity contribution is -0.113. The van der Waals surface area contributed by atoms with Crippen molar-refractivity contribution in [2.45, 2.75) is 0 Å². The quantitative estimate of drug-likeness (QED) is 0.793. The molecule has 2 aromatic rings. The number of hydrogen-bond acceptors (Lipinski definition) is 4. The first-order valence-electron chi connectivity index (χ1n) is 5.99. The summed E-state index contributed by atoms with van der Waals surface area (Å²) in [6.07, 6.45) is 5.00. The largest absolute Gasteiger partial charge is 0.298 e. The number of pyridine rings is 1. The lowest BCUT2D eigenvalue weighted by atomic mass is 10.2. The van der Waals surface area contributed by atoms with Gasteiger partial charge in [-0.1, -0.05) is 18.2 Å². The van der Waals surface area contributed by atoms with Crippen LogP contribution in [0.5, 0.6) is 0 Å². The number of thioether (sulfide) groups is 1. The Bertz CT molecular complexity index is 684. The zero-order chi connectivity index (χ0) is 13.9. The molecule has 0 aliphatic carbocycles. The van der Waals surface area contributed by atoms with Gasteiger partial charge in [0.15, 0.2) is 0 Å². The molecule has 0 atom stereocenters. The fourth-order valence-electron chi connectivity index (χ4n) is 1.88. The van der Waals surface area contributed by atoms with Crippen molar-refractivity contribution in [3.05, 3.63) is 65.3 Å². The van der Waals surface area contributed by atoms with Crippen LogP contribution in [-0.4, -0.2) is 16.1 Å². The van der Waals surface area contributed by atoms with Crippen molar-refractivity contribution in [3.63, 3.8) is 0 Å². The van der Waals surface area contributed by atoms with Crippen LogP contribution >= 0.6 is 11.8 Å².